The number of fused-ring (bicyclic) bond motifs is 1. The Bertz CT molecular complexity index is 362. The minimum absolute atomic E-state index is 1.10. The van der Waals surface area contributed by atoms with E-state index in [0.717, 1.165) is 6.42 Å². The van der Waals surface area contributed by atoms with Crippen LogP contribution in [0.4, 0.5) is 0 Å². The third kappa shape index (κ3) is 1.04. The Balaban J connectivity index is 2.72. The lowest BCUT2D eigenvalue weighted by Crippen LogP contribution is -1.91. The highest BCUT2D eigenvalue weighted by atomic mass is 79.9. The van der Waals surface area contributed by atoms with Crippen molar-refractivity contribution in [2.24, 2.45) is 0 Å². The number of hydrogen-bond donors (Lipinski definition) is 0. The van der Waals surface area contributed by atoms with Gasteiger partial charge in [-0.2, -0.15) is 0 Å². The standard InChI is InChI=1S/C11H11Br/c1-7-6-9-4-3-5-10(9)8(2)11(7)12/h3-4,6H,5H2,1-2H3. The molecule has 0 bridgehead atoms. The highest BCUT2D eigenvalue weighted by Gasteiger charge is 2.11. The van der Waals surface area contributed by atoms with Crippen molar-refractivity contribution in [2.45, 2.75) is 20.3 Å². The van der Waals surface area contributed by atoms with Crippen LogP contribution in [0.25, 0.3) is 6.08 Å². The summed E-state index contributed by atoms with van der Waals surface area (Å²) >= 11 is 3.60. The van der Waals surface area contributed by atoms with Crippen LogP contribution in [-0.4, -0.2) is 0 Å². The molecule has 0 N–H and O–H groups in total. The van der Waals surface area contributed by atoms with Gasteiger partial charge >= 0.3 is 0 Å². The van der Waals surface area contributed by atoms with Gasteiger partial charge in [0.15, 0.2) is 0 Å². The number of rotatable bonds is 0. The van der Waals surface area contributed by atoms with Gasteiger partial charge in [-0.1, -0.05) is 34.1 Å². The van der Waals surface area contributed by atoms with Gasteiger partial charge in [-0.3, -0.25) is 0 Å². The Morgan fingerprint density at radius 1 is 1.33 bits per heavy atom. The summed E-state index contributed by atoms with van der Waals surface area (Å²) in [5.74, 6) is 0. The van der Waals surface area contributed by atoms with Crippen LogP contribution in [0.3, 0.4) is 0 Å². The average Bonchev–Trinajstić information content (AvgIpc) is 2.48. The van der Waals surface area contributed by atoms with Crippen molar-refractivity contribution < 1.29 is 0 Å². The zero-order valence-electron chi connectivity index (χ0n) is 7.32. The third-order valence-electron chi connectivity index (χ3n) is 2.47. The summed E-state index contributed by atoms with van der Waals surface area (Å²) < 4.78 is 1.27. The number of allylic oxidation sites excluding steroid dienone is 1. The van der Waals surface area contributed by atoms with E-state index in [1.165, 1.54) is 26.7 Å². The van der Waals surface area contributed by atoms with Gasteiger partial charge in [0.2, 0.25) is 0 Å². The lowest BCUT2D eigenvalue weighted by atomic mass is 10.0. The van der Waals surface area contributed by atoms with Crippen molar-refractivity contribution in [1.82, 2.24) is 0 Å². The zero-order chi connectivity index (χ0) is 8.72. The fourth-order valence-electron chi connectivity index (χ4n) is 1.75. The summed E-state index contributed by atoms with van der Waals surface area (Å²) in [5.41, 5.74) is 5.61. The van der Waals surface area contributed by atoms with Crippen molar-refractivity contribution in [2.75, 3.05) is 0 Å². The van der Waals surface area contributed by atoms with E-state index in [1.807, 2.05) is 0 Å². The van der Waals surface area contributed by atoms with E-state index >= 15 is 0 Å². The van der Waals surface area contributed by atoms with Gasteiger partial charge in [-0.15, -0.1) is 0 Å². The van der Waals surface area contributed by atoms with E-state index in [2.05, 4.69) is 48.0 Å². The van der Waals surface area contributed by atoms with Crippen molar-refractivity contribution >= 4 is 22.0 Å². The number of hydrogen-bond acceptors (Lipinski definition) is 0. The number of halogens is 1. The Labute approximate surface area is 81.4 Å². The molecule has 1 aromatic carbocycles. The van der Waals surface area contributed by atoms with Crippen molar-refractivity contribution in [3.05, 3.63) is 38.9 Å². The van der Waals surface area contributed by atoms with Crippen LogP contribution in [0.5, 0.6) is 0 Å². The van der Waals surface area contributed by atoms with Crippen LogP contribution in [-0.2, 0) is 6.42 Å². The second kappa shape index (κ2) is 2.74. The predicted molar refractivity (Wildman–Crippen MR) is 56.4 cm³/mol. The minimum atomic E-state index is 1.10. The molecule has 0 saturated heterocycles. The Morgan fingerprint density at radius 2 is 2.08 bits per heavy atom. The van der Waals surface area contributed by atoms with Crippen LogP contribution in [0.1, 0.15) is 22.3 Å². The van der Waals surface area contributed by atoms with Gasteiger partial charge in [0.25, 0.3) is 0 Å². The van der Waals surface area contributed by atoms with Crippen LogP contribution in [0.2, 0.25) is 0 Å². The van der Waals surface area contributed by atoms with E-state index in [1.54, 1.807) is 0 Å². The topological polar surface area (TPSA) is 0 Å². The molecule has 0 radical (unpaired) electrons. The molecule has 0 fully saturated rings. The summed E-state index contributed by atoms with van der Waals surface area (Å²) in [5, 5.41) is 0. The quantitative estimate of drug-likeness (QED) is 0.629. The smallest absolute Gasteiger partial charge is 0.0236 e. The molecular formula is C11H11Br. The Morgan fingerprint density at radius 3 is 2.83 bits per heavy atom. The van der Waals surface area contributed by atoms with Crippen LogP contribution < -0.4 is 0 Å². The monoisotopic (exact) mass is 222 g/mol. The molecule has 62 valence electrons. The zero-order valence-corrected chi connectivity index (χ0v) is 8.90. The van der Waals surface area contributed by atoms with Crippen molar-refractivity contribution in [1.29, 1.82) is 0 Å². The fraction of sp³-hybridized carbons (Fsp3) is 0.273. The summed E-state index contributed by atoms with van der Waals surface area (Å²) in [6, 6.07) is 2.25. The first kappa shape index (κ1) is 8.06. The maximum Gasteiger partial charge on any atom is 0.0236 e. The average molecular weight is 223 g/mol. The molecule has 12 heavy (non-hydrogen) atoms. The Kier molecular flexibility index (Phi) is 1.84. The van der Waals surface area contributed by atoms with Crippen molar-refractivity contribution in [3.8, 4) is 0 Å². The van der Waals surface area contributed by atoms with Crippen molar-refractivity contribution in [3.63, 3.8) is 0 Å². The molecule has 0 atom stereocenters. The van der Waals surface area contributed by atoms with Gasteiger partial charge in [0.05, 0.1) is 0 Å². The lowest BCUT2D eigenvalue weighted by Gasteiger charge is -2.09. The molecule has 0 amide bonds. The molecular weight excluding hydrogens is 212 g/mol. The largest absolute Gasteiger partial charge is 0.0795 e. The normalized spacial score (nSPS) is 13.6. The fourth-order valence-corrected chi connectivity index (χ4v) is 2.11. The molecule has 1 heteroatoms. The highest BCUT2D eigenvalue weighted by molar-refractivity contribution is 9.10. The predicted octanol–water partition coefficient (Wildman–Crippen LogP) is 3.64. The molecule has 0 unspecified atom stereocenters. The summed E-state index contributed by atoms with van der Waals surface area (Å²) in [6.07, 6.45) is 5.53. The van der Waals surface area contributed by atoms with Crippen LogP contribution in [0, 0.1) is 13.8 Å². The Hall–Kier alpha value is -0.560. The maximum atomic E-state index is 3.60. The summed E-state index contributed by atoms with van der Waals surface area (Å²) in [6.45, 7) is 4.33. The number of benzene rings is 1. The van der Waals surface area contributed by atoms with Gasteiger partial charge < -0.3 is 0 Å². The van der Waals surface area contributed by atoms with E-state index in [4.69, 9.17) is 0 Å². The molecule has 0 heterocycles. The van der Waals surface area contributed by atoms with Gasteiger partial charge in [-0.25, -0.2) is 0 Å². The lowest BCUT2D eigenvalue weighted by molar-refractivity contribution is 1.20. The highest BCUT2D eigenvalue weighted by Crippen LogP contribution is 2.31. The van der Waals surface area contributed by atoms with E-state index in [-0.39, 0.29) is 0 Å². The molecule has 1 aliphatic rings. The molecule has 0 aliphatic heterocycles. The second-order valence-electron chi connectivity index (χ2n) is 3.31. The van der Waals surface area contributed by atoms with E-state index in [9.17, 15) is 0 Å². The maximum absolute atomic E-state index is 3.60. The van der Waals surface area contributed by atoms with Gasteiger partial charge in [-0.05, 0) is 42.5 Å². The molecule has 0 saturated carbocycles. The van der Waals surface area contributed by atoms with Crippen LogP contribution in [0.15, 0.2) is 16.6 Å². The first-order valence-electron chi connectivity index (χ1n) is 4.15. The number of aryl methyl sites for hydroxylation is 1. The molecule has 2 rings (SSSR count). The molecule has 1 aliphatic carbocycles. The molecule has 0 nitrogen and oxygen atoms in total. The van der Waals surface area contributed by atoms with Gasteiger partial charge in [0, 0.05) is 4.47 Å². The van der Waals surface area contributed by atoms with Gasteiger partial charge in [0.1, 0.15) is 0 Å². The van der Waals surface area contributed by atoms with E-state index in [0.29, 0.717) is 0 Å². The molecule has 0 spiro atoms. The minimum Gasteiger partial charge on any atom is -0.0795 e. The third-order valence-corrected chi connectivity index (χ3v) is 3.69. The summed E-state index contributed by atoms with van der Waals surface area (Å²) in [4.78, 5) is 0. The summed E-state index contributed by atoms with van der Waals surface area (Å²) in [7, 11) is 0. The first-order valence-corrected chi connectivity index (χ1v) is 4.94. The van der Waals surface area contributed by atoms with Crippen LogP contribution >= 0.6 is 15.9 Å². The molecule has 0 aromatic heterocycles. The molecule has 1 aromatic rings. The van der Waals surface area contributed by atoms with E-state index < -0.39 is 0 Å². The SMILES string of the molecule is Cc1cc2c(c(C)c1Br)CC=C2. The second-order valence-corrected chi connectivity index (χ2v) is 4.10. The first-order chi connectivity index (χ1) is 5.70.